The van der Waals surface area contributed by atoms with Gasteiger partial charge in [-0.3, -0.25) is 4.79 Å². The van der Waals surface area contributed by atoms with Gasteiger partial charge in [-0.05, 0) is 31.5 Å². The number of nitrogens with one attached hydrogen (secondary N) is 1. The van der Waals surface area contributed by atoms with Crippen LogP contribution in [0, 0.1) is 13.8 Å². The van der Waals surface area contributed by atoms with E-state index in [1.54, 1.807) is 12.1 Å². The van der Waals surface area contributed by atoms with E-state index in [1.165, 1.54) is 25.6 Å². The number of fused-ring (bicyclic) bond motifs is 1. The fraction of sp³-hybridized carbons (Fsp3) is 0.294. The van der Waals surface area contributed by atoms with Gasteiger partial charge in [0.1, 0.15) is 10.6 Å². The predicted octanol–water partition coefficient (Wildman–Crippen LogP) is 2.76. The van der Waals surface area contributed by atoms with Gasteiger partial charge in [-0.15, -0.1) is 11.3 Å². The number of carbonyl (C=O) groups excluding carboxylic acids is 2. The van der Waals surface area contributed by atoms with Crippen molar-refractivity contribution in [1.29, 1.82) is 0 Å². The minimum absolute atomic E-state index is 0.310. The molecule has 0 spiro atoms. The summed E-state index contributed by atoms with van der Waals surface area (Å²) in [4.78, 5) is 25.1. The molecule has 2 aromatic rings. The molecule has 1 aromatic heterocycles. The quantitative estimate of drug-likeness (QED) is 0.794. The molecule has 1 amide bonds. The highest BCUT2D eigenvalue weighted by atomic mass is 32.1. The number of benzene rings is 1. The van der Waals surface area contributed by atoms with E-state index in [2.05, 4.69) is 5.32 Å². The van der Waals surface area contributed by atoms with Crippen LogP contribution in [0.5, 0.6) is 11.5 Å². The van der Waals surface area contributed by atoms with Crippen LogP contribution in [0.1, 0.15) is 42.9 Å². The number of carbonyl (C=O) groups is 2. The summed E-state index contributed by atoms with van der Waals surface area (Å²) >= 11 is 1.39. The number of hydrogen-bond donors (Lipinski definition) is 2. The number of aryl methyl sites for hydroxylation is 1. The molecule has 132 valence electrons. The molecule has 0 bridgehead atoms. The number of nitrogens with two attached hydrogens (primary N) is 1. The fourth-order valence-electron chi connectivity index (χ4n) is 2.85. The summed E-state index contributed by atoms with van der Waals surface area (Å²) in [6.07, 6.45) is -0.738. The molecule has 0 radical (unpaired) electrons. The van der Waals surface area contributed by atoms with E-state index in [9.17, 15) is 9.59 Å². The van der Waals surface area contributed by atoms with E-state index in [0.717, 1.165) is 10.4 Å². The number of hydrogen-bond acceptors (Lipinski definition) is 7. The second-order valence-electron chi connectivity index (χ2n) is 5.55. The third-order valence-corrected chi connectivity index (χ3v) is 5.32. The van der Waals surface area contributed by atoms with Crippen LogP contribution in [0.3, 0.4) is 0 Å². The van der Waals surface area contributed by atoms with Crippen LogP contribution >= 0.6 is 11.3 Å². The van der Waals surface area contributed by atoms with Crippen molar-refractivity contribution in [2.45, 2.75) is 20.1 Å². The van der Waals surface area contributed by atoms with E-state index in [-0.39, 0.29) is 0 Å². The highest BCUT2D eigenvalue weighted by Crippen LogP contribution is 2.43. The molecule has 25 heavy (non-hydrogen) atoms. The van der Waals surface area contributed by atoms with E-state index in [4.69, 9.17) is 19.9 Å². The molecule has 7 nitrogen and oxygen atoms in total. The molecular weight excluding hydrogens is 344 g/mol. The molecule has 8 heteroatoms. The van der Waals surface area contributed by atoms with Gasteiger partial charge in [-0.1, -0.05) is 0 Å². The average Bonchev–Trinajstić information content (AvgIpc) is 3.04. The summed E-state index contributed by atoms with van der Waals surface area (Å²) in [5.74, 6) is -0.280. The summed E-state index contributed by atoms with van der Waals surface area (Å²) in [5.41, 5.74) is 7.64. The van der Waals surface area contributed by atoms with Crippen molar-refractivity contribution in [2.24, 2.45) is 5.73 Å². The minimum atomic E-state index is -0.738. The summed E-state index contributed by atoms with van der Waals surface area (Å²) in [6.45, 7) is 3.74. The third kappa shape index (κ3) is 2.68. The van der Waals surface area contributed by atoms with Crippen molar-refractivity contribution in [2.75, 3.05) is 19.5 Å². The fourth-order valence-corrected chi connectivity index (χ4v) is 3.94. The van der Waals surface area contributed by atoms with Crippen LogP contribution in [0.2, 0.25) is 0 Å². The molecule has 0 fully saturated rings. The van der Waals surface area contributed by atoms with Crippen molar-refractivity contribution >= 4 is 28.2 Å². The first-order valence-electron chi connectivity index (χ1n) is 7.51. The average molecular weight is 362 g/mol. The Kier molecular flexibility index (Phi) is 4.30. The second kappa shape index (κ2) is 6.29. The topological polar surface area (TPSA) is 99.9 Å². The zero-order chi connectivity index (χ0) is 18.3. The molecule has 1 atom stereocenters. The smallest absolute Gasteiger partial charge is 0.344 e. The van der Waals surface area contributed by atoms with E-state index in [0.29, 0.717) is 33.2 Å². The Bertz CT molecular complexity index is 874. The van der Waals surface area contributed by atoms with Gasteiger partial charge in [0.25, 0.3) is 5.91 Å². The number of cyclic esters (lactones) is 1. The molecule has 2 heterocycles. The van der Waals surface area contributed by atoms with Gasteiger partial charge in [-0.25, -0.2) is 4.79 Å². The van der Waals surface area contributed by atoms with Crippen LogP contribution in [0.15, 0.2) is 12.1 Å². The lowest BCUT2D eigenvalue weighted by molar-refractivity contribution is 0.0435. The van der Waals surface area contributed by atoms with Crippen LogP contribution in [0.4, 0.5) is 5.00 Å². The van der Waals surface area contributed by atoms with Gasteiger partial charge in [-0.2, -0.15) is 0 Å². The molecule has 1 aliphatic heterocycles. The highest BCUT2D eigenvalue weighted by Gasteiger charge is 2.36. The molecule has 3 N–H and O–H groups in total. The zero-order valence-electron chi connectivity index (χ0n) is 14.3. The normalized spacial score (nSPS) is 15.5. The lowest BCUT2D eigenvalue weighted by Gasteiger charge is -2.15. The van der Waals surface area contributed by atoms with Gasteiger partial charge >= 0.3 is 5.97 Å². The van der Waals surface area contributed by atoms with E-state index < -0.39 is 18.1 Å². The van der Waals surface area contributed by atoms with Gasteiger partial charge in [0.2, 0.25) is 6.23 Å². The monoisotopic (exact) mass is 362 g/mol. The summed E-state index contributed by atoms with van der Waals surface area (Å²) in [7, 11) is 2.96. The van der Waals surface area contributed by atoms with Gasteiger partial charge < -0.3 is 25.3 Å². The molecule has 0 aliphatic carbocycles. The summed E-state index contributed by atoms with van der Waals surface area (Å²) in [5, 5.41) is 3.68. The van der Waals surface area contributed by atoms with Crippen molar-refractivity contribution < 1.29 is 23.8 Å². The van der Waals surface area contributed by atoms with Gasteiger partial charge in [0.05, 0.1) is 19.8 Å². The number of esters is 1. The number of thiophene rings is 1. The molecular formula is C17H18N2O5S. The Balaban J connectivity index is 2.03. The lowest BCUT2D eigenvalue weighted by atomic mass is 10.1. The number of methoxy groups -OCH3 is 2. The Morgan fingerprint density at radius 2 is 2.00 bits per heavy atom. The maximum atomic E-state index is 12.3. The van der Waals surface area contributed by atoms with Crippen LogP contribution in [0.25, 0.3) is 0 Å². The number of anilines is 1. The van der Waals surface area contributed by atoms with Crippen LogP contribution in [-0.4, -0.2) is 26.1 Å². The van der Waals surface area contributed by atoms with Gasteiger partial charge in [0, 0.05) is 10.4 Å². The molecule has 0 saturated carbocycles. The Labute approximate surface area is 148 Å². The second-order valence-corrected chi connectivity index (χ2v) is 6.77. The Hall–Kier alpha value is -2.74. The summed E-state index contributed by atoms with van der Waals surface area (Å²) < 4.78 is 16.0. The highest BCUT2D eigenvalue weighted by molar-refractivity contribution is 7.16. The zero-order valence-corrected chi connectivity index (χ0v) is 15.1. The Morgan fingerprint density at radius 1 is 1.28 bits per heavy atom. The number of amides is 1. The largest absolute Gasteiger partial charge is 0.493 e. The number of rotatable bonds is 5. The third-order valence-electron chi connectivity index (χ3n) is 4.18. The Morgan fingerprint density at radius 3 is 2.60 bits per heavy atom. The van der Waals surface area contributed by atoms with E-state index in [1.807, 2.05) is 13.8 Å². The first-order valence-corrected chi connectivity index (χ1v) is 8.32. The maximum Gasteiger partial charge on any atom is 0.344 e. The molecule has 1 aromatic carbocycles. The first kappa shape index (κ1) is 17.1. The first-order chi connectivity index (χ1) is 11.9. The molecule has 1 aliphatic rings. The standard InChI is InChI=1S/C17H18N2O5S/c1-7-8(2)25-16(11(7)14(18)20)19-15-9-5-6-10(22-3)13(23-4)12(9)17(21)24-15/h5-6,15,19H,1-4H3,(H2,18,20)/t15-/m1/s1. The minimum Gasteiger partial charge on any atom is -0.493 e. The molecule has 0 unspecified atom stereocenters. The van der Waals surface area contributed by atoms with Crippen LogP contribution in [-0.2, 0) is 4.74 Å². The van der Waals surface area contributed by atoms with Crippen molar-refractivity contribution in [1.82, 2.24) is 0 Å². The number of primary amides is 1. The lowest BCUT2D eigenvalue weighted by Crippen LogP contribution is -2.16. The summed E-state index contributed by atoms with van der Waals surface area (Å²) in [6, 6.07) is 3.44. The van der Waals surface area contributed by atoms with E-state index >= 15 is 0 Å². The SMILES string of the molecule is COc1ccc2c(c1OC)C(=O)O[C@H]2Nc1sc(C)c(C)c1C(N)=O. The predicted molar refractivity (Wildman–Crippen MR) is 93.6 cm³/mol. The van der Waals surface area contributed by atoms with Gasteiger partial charge in [0.15, 0.2) is 11.5 Å². The van der Waals surface area contributed by atoms with Crippen molar-refractivity contribution in [3.8, 4) is 11.5 Å². The van der Waals surface area contributed by atoms with Crippen molar-refractivity contribution in [3.05, 3.63) is 39.3 Å². The van der Waals surface area contributed by atoms with Crippen LogP contribution < -0.4 is 20.5 Å². The number of ether oxygens (including phenoxy) is 3. The maximum absolute atomic E-state index is 12.3. The molecule has 3 rings (SSSR count). The molecule has 0 saturated heterocycles. The van der Waals surface area contributed by atoms with Crippen molar-refractivity contribution in [3.63, 3.8) is 0 Å².